The van der Waals surface area contributed by atoms with Gasteiger partial charge in [-0.3, -0.25) is 19.5 Å². The van der Waals surface area contributed by atoms with E-state index in [1.54, 1.807) is 45.6 Å². The molecule has 1 aromatic heterocycles. The molecule has 0 fully saturated rings. The van der Waals surface area contributed by atoms with Crippen LogP contribution in [0.4, 0.5) is 11.4 Å². The molecule has 0 radical (unpaired) electrons. The molecule has 13 nitrogen and oxygen atoms in total. The van der Waals surface area contributed by atoms with Crippen LogP contribution in [0.2, 0.25) is 0 Å². The average Bonchev–Trinajstić information content (AvgIpc) is 3.42. The van der Waals surface area contributed by atoms with E-state index in [9.17, 15) is 14.4 Å². The molecule has 4 aromatic rings. The number of ether oxygens (including phenoxy) is 4. The van der Waals surface area contributed by atoms with E-state index in [2.05, 4.69) is 31.1 Å². The lowest BCUT2D eigenvalue weighted by Crippen LogP contribution is -2.39. The number of aromatic amines is 1. The summed E-state index contributed by atoms with van der Waals surface area (Å²) in [6.45, 7) is 5.54. The molecule has 2 atom stereocenters. The fourth-order valence-corrected chi connectivity index (χ4v) is 6.11. The van der Waals surface area contributed by atoms with Crippen LogP contribution in [-0.2, 0) is 27.4 Å². The van der Waals surface area contributed by atoms with Crippen molar-refractivity contribution >= 4 is 23.2 Å². The number of amides is 2. The molecular formula is C36H42N6O7. The van der Waals surface area contributed by atoms with Crippen LogP contribution in [0.5, 0.6) is 17.2 Å². The van der Waals surface area contributed by atoms with Crippen LogP contribution in [0.3, 0.4) is 0 Å². The summed E-state index contributed by atoms with van der Waals surface area (Å²) in [6.07, 6.45) is 1.11. The minimum atomic E-state index is -0.771. The summed E-state index contributed by atoms with van der Waals surface area (Å²) < 4.78 is 22.3. The highest BCUT2D eigenvalue weighted by molar-refractivity contribution is 5.97. The summed E-state index contributed by atoms with van der Waals surface area (Å²) in [6, 6.07) is 12.9. The molecule has 4 N–H and O–H groups in total. The van der Waals surface area contributed by atoms with Gasteiger partial charge in [0.05, 0.1) is 33.1 Å². The molecule has 13 heteroatoms. The van der Waals surface area contributed by atoms with Crippen molar-refractivity contribution in [2.75, 3.05) is 39.1 Å². The van der Waals surface area contributed by atoms with Gasteiger partial charge in [0.25, 0.3) is 0 Å². The number of aryl methyl sites for hydroxylation is 1. The van der Waals surface area contributed by atoms with Gasteiger partial charge in [-0.15, -0.1) is 0 Å². The molecular weight excluding hydrogens is 628 g/mol. The van der Waals surface area contributed by atoms with E-state index in [1.165, 1.54) is 20.1 Å². The lowest BCUT2D eigenvalue weighted by atomic mass is 9.95. The first-order valence-electron chi connectivity index (χ1n) is 15.9. The number of fused-ring (bicyclic) bond motifs is 3. The zero-order valence-corrected chi connectivity index (χ0v) is 28.7. The van der Waals surface area contributed by atoms with E-state index in [0.717, 1.165) is 11.1 Å². The Morgan fingerprint density at radius 2 is 1.78 bits per heavy atom. The van der Waals surface area contributed by atoms with Crippen molar-refractivity contribution in [3.8, 4) is 39.8 Å². The van der Waals surface area contributed by atoms with Gasteiger partial charge in [0.15, 0.2) is 23.1 Å². The molecule has 3 aromatic carbocycles. The Balaban J connectivity index is 1.52. The van der Waals surface area contributed by atoms with Gasteiger partial charge < -0.3 is 34.9 Å². The van der Waals surface area contributed by atoms with Crippen LogP contribution in [0.15, 0.2) is 53.3 Å². The second-order valence-electron chi connectivity index (χ2n) is 12.1. The monoisotopic (exact) mass is 670 g/mol. The van der Waals surface area contributed by atoms with Crippen molar-refractivity contribution < 1.29 is 28.5 Å². The van der Waals surface area contributed by atoms with E-state index in [1.807, 2.05) is 32.0 Å². The number of rotatable bonds is 12. The molecule has 0 saturated carbocycles. The number of methoxy groups -OCH3 is 4. The van der Waals surface area contributed by atoms with Gasteiger partial charge in [-0.05, 0) is 65.8 Å². The number of carbonyl (C=O) groups is 2. The first-order chi connectivity index (χ1) is 23.6. The summed E-state index contributed by atoms with van der Waals surface area (Å²) in [7, 11) is 6.22. The highest BCUT2D eigenvalue weighted by Gasteiger charge is 2.30. The van der Waals surface area contributed by atoms with E-state index in [0.29, 0.717) is 70.7 Å². The number of hydrogen-bond donors (Lipinski definition) is 4. The number of anilines is 2. The topological polar surface area (TPSA) is 166 Å². The molecule has 0 spiro atoms. The summed E-state index contributed by atoms with van der Waals surface area (Å²) in [5, 5.41) is 16.3. The minimum absolute atomic E-state index is 0.194. The fourth-order valence-electron chi connectivity index (χ4n) is 6.11. The predicted molar refractivity (Wildman–Crippen MR) is 186 cm³/mol. The Morgan fingerprint density at radius 1 is 1.00 bits per heavy atom. The van der Waals surface area contributed by atoms with Crippen LogP contribution in [0.25, 0.3) is 22.5 Å². The van der Waals surface area contributed by atoms with E-state index < -0.39 is 12.1 Å². The first-order valence-corrected chi connectivity index (χ1v) is 15.9. The van der Waals surface area contributed by atoms with Crippen molar-refractivity contribution in [1.82, 2.24) is 20.5 Å². The Kier molecular flexibility index (Phi) is 10.8. The molecule has 258 valence electrons. The van der Waals surface area contributed by atoms with Gasteiger partial charge in [0.1, 0.15) is 12.6 Å². The van der Waals surface area contributed by atoms with Crippen molar-refractivity contribution in [2.45, 2.75) is 52.3 Å². The van der Waals surface area contributed by atoms with Crippen molar-refractivity contribution in [1.29, 1.82) is 0 Å². The largest absolute Gasteiger partial charge is 0.493 e. The minimum Gasteiger partial charge on any atom is -0.493 e. The molecule has 1 aliphatic rings. The smallest absolute Gasteiger partial charge is 0.247 e. The third-order valence-electron chi connectivity index (χ3n) is 8.38. The second kappa shape index (κ2) is 15.2. The number of benzene rings is 2. The standard InChI is InChI=1S/C36H42N6O7/c1-19(2)32(36(45)38-23-10-8-9-22(15-23)35-40-30(18-46-4)41-42-35)39-27-14-12-24-25(17-28(27)44)26(37-20(3)43)13-11-21-16-29(47-5)33(48-6)34(49-7)31(21)24/h8-10,12,14-17,19,26,32H,11,13,18H2,1-7H3,(H,37,43)(H,38,45)(H,39,44)(H,40,41,42)/t26-,32-/m1/s1. The summed E-state index contributed by atoms with van der Waals surface area (Å²) in [4.78, 5) is 44.4. The van der Waals surface area contributed by atoms with Crippen molar-refractivity contribution in [3.63, 3.8) is 0 Å². The zero-order chi connectivity index (χ0) is 35.2. The summed E-state index contributed by atoms with van der Waals surface area (Å²) >= 11 is 0. The van der Waals surface area contributed by atoms with Gasteiger partial charge in [0, 0.05) is 30.8 Å². The second-order valence-corrected chi connectivity index (χ2v) is 12.1. The van der Waals surface area contributed by atoms with Crippen LogP contribution in [0.1, 0.15) is 50.2 Å². The van der Waals surface area contributed by atoms with Crippen LogP contribution in [-0.4, -0.2) is 61.5 Å². The molecule has 1 aliphatic carbocycles. The van der Waals surface area contributed by atoms with Crippen LogP contribution >= 0.6 is 0 Å². The third kappa shape index (κ3) is 7.51. The Bertz CT molecular complexity index is 1910. The molecule has 0 aliphatic heterocycles. The fraction of sp³-hybridized carbons (Fsp3) is 0.361. The number of H-pyrrole nitrogens is 1. The molecule has 5 rings (SSSR count). The lowest BCUT2D eigenvalue weighted by Gasteiger charge is -2.22. The number of hydrogen-bond acceptors (Lipinski definition) is 10. The summed E-state index contributed by atoms with van der Waals surface area (Å²) in [5.41, 5.74) is 4.12. The van der Waals surface area contributed by atoms with Crippen molar-refractivity contribution in [3.05, 3.63) is 75.7 Å². The van der Waals surface area contributed by atoms with Crippen LogP contribution in [0, 0.1) is 5.92 Å². The molecule has 49 heavy (non-hydrogen) atoms. The Morgan fingerprint density at radius 3 is 2.45 bits per heavy atom. The predicted octanol–water partition coefficient (Wildman–Crippen LogP) is 4.87. The Hall–Kier alpha value is -5.43. The van der Waals surface area contributed by atoms with Gasteiger partial charge in [-0.2, -0.15) is 5.10 Å². The highest BCUT2D eigenvalue weighted by Crippen LogP contribution is 2.50. The van der Waals surface area contributed by atoms with Gasteiger partial charge >= 0.3 is 0 Å². The lowest BCUT2D eigenvalue weighted by molar-refractivity contribution is -0.120. The SMILES string of the molecule is COCc1nc(-c2cccc(NC(=O)[C@H](Nc3ccc4c(cc3=O)[C@H](NC(C)=O)CCc3cc(OC)c(OC)c(OC)c3-4)C(C)C)c2)n[nH]1. The molecule has 2 amide bonds. The third-order valence-corrected chi connectivity index (χ3v) is 8.38. The molecule has 0 saturated heterocycles. The molecule has 0 bridgehead atoms. The van der Waals surface area contributed by atoms with E-state index >= 15 is 0 Å². The molecule has 1 heterocycles. The van der Waals surface area contributed by atoms with Gasteiger partial charge in [-0.1, -0.05) is 32.0 Å². The number of nitrogens with zero attached hydrogens (tertiary/aromatic N) is 2. The van der Waals surface area contributed by atoms with Crippen LogP contribution < -0.4 is 35.6 Å². The van der Waals surface area contributed by atoms with E-state index in [-0.39, 0.29) is 28.8 Å². The normalized spacial score (nSPS) is 14.2. The average molecular weight is 671 g/mol. The quantitative estimate of drug-likeness (QED) is 0.163. The number of carbonyl (C=O) groups excluding carboxylic acids is 2. The van der Waals surface area contributed by atoms with E-state index in [4.69, 9.17) is 18.9 Å². The maximum absolute atomic E-state index is 13.9. The van der Waals surface area contributed by atoms with Gasteiger partial charge in [-0.25, -0.2) is 4.98 Å². The molecule has 0 unspecified atom stereocenters. The first kappa shape index (κ1) is 34.9. The van der Waals surface area contributed by atoms with Gasteiger partial charge in [0.2, 0.25) is 23.0 Å². The Labute approximate surface area is 284 Å². The maximum atomic E-state index is 13.9. The summed E-state index contributed by atoms with van der Waals surface area (Å²) in [5.74, 6) is 1.70. The van der Waals surface area contributed by atoms with Crippen molar-refractivity contribution in [2.24, 2.45) is 5.92 Å². The zero-order valence-electron chi connectivity index (χ0n) is 28.7. The maximum Gasteiger partial charge on any atom is 0.247 e. The number of nitrogens with one attached hydrogen (secondary N) is 4. The highest BCUT2D eigenvalue weighted by atomic mass is 16.5. The number of aromatic nitrogens is 3.